The van der Waals surface area contributed by atoms with E-state index in [4.69, 9.17) is 5.11 Å². The van der Waals surface area contributed by atoms with Gasteiger partial charge in [-0.2, -0.15) is 0 Å². The predicted octanol–water partition coefficient (Wildman–Crippen LogP) is 2.12. The maximum absolute atomic E-state index is 11.9. The molecule has 0 radical (unpaired) electrons. The van der Waals surface area contributed by atoms with Crippen LogP contribution in [0, 0.1) is 6.92 Å². The third kappa shape index (κ3) is 4.19. The summed E-state index contributed by atoms with van der Waals surface area (Å²) in [5.41, 5.74) is 1.27. The third-order valence-electron chi connectivity index (χ3n) is 3.76. The van der Waals surface area contributed by atoms with E-state index >= 15 is 0 Å². The molecule has 0 bridgehead atoms. The Bertz CT molecular complexity index is 536. The van der Waals surface area contributed by atoms with Crippen LogP contribution >= 0.6 is 0 Å². The fourth-order valence-electron chi connectivity index (χ4n) is 2.50. The molecule has 1 aromatic rings. The van der Waals surface area contributed by atoms with Crippen LogP contribution in [-0.2, 0) is 0 Å². The first-order chi connectivity index (χ1) is 9.95. The highest BCUT2D eigenvalue weighted by atomic mass is 16.4. The zero-order chi connectivity index (χ0) is 15.4. The van der Waals surface area contributed by atoms with Crippen LogP contribution in [-0.4, -0.2) is 34.4 Å². The van der Waals surface area contributed by atoms with Gasteiger partial charge in [-0.3, -0.25) is 0 Å². The van der Waals surface area contributed by atoms with Gasteiger partial charge in [0.1, 0.15) is 0 Å². The van der Waals surface area contributed by atoms with Gasteiger partial charge in [0.05, 0.1) is 11.7 Å². The zero-order valence-electron chi connectivity index (χ0n) is 11.9. The smallest absolute Gasteiger partial charge is 0.336 e. The van der Waals surface area contributed by atoms with Crippen LogP contribution in [0.2, 0.25) is 0 Å². The molecule has 0 spiro atoms. The van der Waals surface area contributed by atoms with Crippen molar-refractivity contribution in [2.24, 2.45) is 0 Å². The van der Waals surface area contributed by atoms with E-state index in [0.717, 1.165) is 12.8 Å². The Morgan fingerprint density at radius 2 is 1.86 bits per heavy atom. The maximum atomic E-state index is 11.9. The SMILES string of the molecule is Cc1ccc(NC(=O)NC2CCC(O)CC2)cc1C(=O)O. The van der Waals surface area contributed by atoms with Crippen LogP contribution in [0.25, 0.3) is 0 Å². The molecule has 2 rings (SSSR count). The van der Waals surface area contributed by atoms with Gasteiger partial charge in [-0.25, -0.2) is 9.59 Å². The normalized spacial score (nSPS) is 21.6. The molecule has 2 amide bonds. The standard InChI is InChI=1S/C15H20N2O4/c1-9-2-3-11(8-13(9)14(19)20)17-15(21)16-10-4-6-12(18)7-5-10/h2-3,8,10,12,18H,4-7H2,1H3,(H,19,20)(H2,16,17,21). The molecule has 4 N–H and O–H groups in total. The summed E-state index contributed by atoms with van der Waals surface area (Å²) in [6.45, 7) is 1.71. The van der Waals surface area contributed by atoms with Gasteiger partial charge in [0.2, 0.25) is 0 Å². The molecule has 114 valence electrons. The van der Waals surface area contributed by atoms with Crippen molar-refractivity contribution < 1.29 is 19.8 Å². The van der Waals surface area contributed by atoms with Crippen LogP contribution in [0.4, 0.5) is 10.5 Å². The number of carbonyl (C=O) groups excluding carboxylic acids is 1. The maximum Gasteiger partial charge on any atom is 0.336 e. The molecule has 0 aromatic heterocycles. The number of carboxylic acid groups (broad SMARTS) is 1. The first kappa shape index (κ1) is 15.3. The lowest BCUT2D eigenvalue weighted by Gasteiger charge is -2.26. The summed E-state index contributed by atoms with van der Waals surface area (Å²) >= 11 is 0. The minimum absolute atomic E-state index is 0.0535. The quantitative estimate of drug-likeness (QED) is 0.685. The lowest BCUT2D eigenvalue weighted by molar-refractivity contribution is 0.0696. The first-order valence-electron chi connectivity index (χ1n) is 7.05. The highest BCUT2D eigenvalue weighted by Crippen LogP contribution is 2.19. The summed E-state index contributed by atoms with van der Waals surface area (Å²) in [7, 11) is 0. The summed E-state index contributed by atoms with van der Waals surface area (Å²) in [4.78, 5) is 23.0. The van der Waals surface area contributed by atoms with E-state index in [9.17, 15) is 14.7 Å². The Morgan fingerprint density at radius 3 is 2.48 bits per heavy atom. The van der Waals surface area contributed by atoms with Gasteiger partial charge >= 0.3 is 12.0 Å². The van der Waals surface area contributed by atoms with Gasteiger partial charge in [-0.15, -0.1) is 0 Å². The van der Waals surface area contributed by atoms with E-state index in [2.05, 4.69) is 10.6 Å². The number of carboxylic acids is 1. The molecule has 0 unspecified atom stereocenters. The minimum atomic E-state index is -1.02. The van der Waals surface area contributed by atoms with Gasteiger partial charge < -0.3 is 20.8 Å². The third-order valence-corrected chi connectivity index (χ3v) is 3.76. The first-order valence-corrected chi connectivity index (χ1v) is 7.05. The minimum Gasteiger partial charge on any atom is -0.478 e. The van der Waals surface area contributed by atoms with Gasteiger partial charge in [0.15, 0.2) is 0 Å². The fraction of sp³-hybridized carbons (Fsp3) is 0.467. The Hall–Kier alpha value is -2.08. The largest absolute Gasteiger partial charge is 0.478 e. The molecule has 0 aliphatic heterocycles. The second-order valence-electron chi connectivity index (χ2n) is 5.44. The van der Waals surface area contributed by atoms with Gasteiger partial charge in [-0.05, 0) is 50.3 Å². The van der Waals surface area contributed by atoms with Crippen molar-refractivity contribution in [3.8, 4) is 0 Å². The molecule has 0 heterocycles. The number of benzene rings is 1. The van der Waals surface area contributed by atoms with Gasteiger partial charge in [0, 0.05) is 11.7 Å². The van der Waals surface area contributed by atoms with E-state index in [1.54, 1.807) is 19.1 Å². The summed E-state index contributed by atoms with van der Waals surface area (Å²) in [6, 6.07) is 4.48. The summed E-state index contributed by atoms with van der Waals surface area (Å²) in [5.74, 6) is -1.02. The Balaban J connectivity index is 1.93. The summed E-state index contributed by atoms with van der Waals surface area (Å²) < 4.78 is 0. The Kier molecular flexibility index (Phi) is 4.80. The van der Waals surface area contributed by atoms with Crippen LogP contribution in [0.5, 0.6) is 0 Å². The monoisotopic (exact) mass is 292 g/mol. The van der Waals surface area contributed by atoms with Crippen molar-refractivity contribution in [1.82, 2.24) is 5.32 Å². The molecule has 6 heteroatoms. The average molecular weight is 292 g/mol. The molecule has 0 atom stereocenters. The number of aliphatic hydroxyl groups excluding tert-OH is 1. The molecule has 1 aromatic carbocycles. The van der Waals surface area contributed by atoms with Crippen molar-refractivity contribution in [3.05, 3.63) is 29.3 Å². The lowest BCUT2D eigenvalue weighted by atomic mass is 9.93. The zero-order valence-corrected chi connectivity index (χ0v) is 11.9. The van der Waals surface area contributed by atoms with Crippen molar-refractivity contribution in [2.45, 2.75) is 44.8 Å². The summed E-state index contributed by atoms with van der Waals surface area (Å²) in [6.07, 6.45) is 2.63. The van der Waals surface area contributed by atoms with E-state index in [0.29, 0.717) is 24.1 Å². The van der Waals surface area contributed by atoms with Crippen molar-refractivity contribution in [3.63, 3.8) is 0 Å². The van der Waals surface area contributed by atoms with Crippen LogP contribution < -0.4 is 10.6 Å². The number of hydrogen-bond donors (Lipinski definition) is 4. The molecule has 0 saturated heterocycles. The number of nitrogens with one attached hydrogen (secondary N) is 2. The van der Waals surface area contributed by atoms with Gasteiger partial charge in [-0.1, -0.05) is 6.07 Å². The second kappa shape index (κ2) is 6.58. The van der Waals surface area contributed by atoms with Crippen molar-refractivity contribution in [2.75, 3.05) is 5.32 Å². The Labute approximate surface area is 123 Å². The number of rotatable bonds is 3. The van der Waals surface area contributed by atoms with E-state index in [1.165, 1.54) is 6.07 Å². The molecule has 21 heavy (non-hydrogen) atoms. The van der Waals surface area contributed by atoms with Gasteiger partial charge in [0.25, 0.3) is 0 Å². The molecule has 1 aliphatic rings. The van der Waals surface area contributed by atoms with Crippen LogP contribution in [0.1, 0.15) is 41.6 Å². The number of carbonyl (C=O) groups is 2. The second-order valence-corrected chi connectivity index (χ2v) is 5.44. The summed E-state index contributed by atoms with van der Waals surface area (Å²) in [5, 5.41) is 24.0. The molecule has 6 nitrogen and oxygen atoms in total. The van der Waals surface area contributed by atoms with Crippen molar-refractivity contribution >= 4 is 17.7 Å². The van der Waals surface area contributed by atoms with Crippen molar-refractivity contribution in [1.29, 1.82) is 0 Å². The predicted molar refractivity (Wildman–Crippen MR) is 78.6 cm³/mol. The number of aliphatic hydroxyl groups is 1. The number of aryl methyl sites for hydroxylation is 1. The molecule has 1 aliphatic carbocycles. The number of anilines is 1. The van der Waals surface area contributed by atoms with E-state index < -0.39 is 5.97 Å². The van der Waals surface area contributed by atoms with E-state index in [1.807, 2.05) is 0 Å². The van der Waals surface area contributed by atoms with Crippen LogP contribution in [0.15, 0.2) is 18.2 Å². The number of aromatic carboxylic acids is 1. The molecular weight excluding hydrogens is 272 g/mol. The molecule has 1 saturated carbocycles. The fourth-order valence-corrected chi connectivity index (χ4v) is 2.50. The highest BCUT2D eigenvalue weighted by molar-refractivity contribution is 5.94. The lowest BCUT2D eigenvalue weighted by Crippen LogP contribution is -2.40. The average Bonchev–Trinajstić information content (AvgIpc) is 2.43. The topological polar surface area (TPSA) is 98.7 Å². The Morgan fingerprint density at radius 1 is 1.19 bits per heavy atom. The number of urea groups is 1. The molecule has 1 fully saturated rings. The highest BCUT2D eigenvalue weighted by Gasteiger charge is 2.20. The molecular formula is C15H20N2O4. The van der Waals surface area contributed by atoms with Crippen LogP contribution in [0.3, 0.4) is 0 Å². The van der Waals surface area contributed by atoms with E-state index in [-0.39, 0.29) is 23.7 Å². The number of hydrogen-bond acceptors (Lipinski definition) is 3. The number of amides is 2.